The van der Waals surface area contributed by atoms with Gasteiger partial charge in [0.25, 0.3) is 0 Å². The first-order chi connectivity index (χ1) is 8.97. The highest BCUT2D eigenvalue weighted by Gasteiger charge is 2.40. The van der Waals surface area contributed by atoms with E-state index in [0.29, 0.717) is 5.92 Å². The average Bonchev–Trinajstić information content (AvgIpc) is 2.97. The Morgan fingerprint density at radius 2 is 2.11 bits per heavy atom. The first-order valence-electron chi connectivity index (χ1n) is 7.19. The van der Waals surface area contributed by atoms with Crippen LogP contribution in [0.1, 0.15) is 32.6 Å². The first kappa shape index (κ1) is 14.2. The quantitative estimate of drug-likeness (QED) is 0.798. The van der Waals surface area contributed by atoms with Gasteiger partial charge in [-0.1, -0.05) is 13.3 Å². The van der Waals surface area contributed by atoms with Crippen molar-refractivity contribution in [2.45, 2.75) is 32.6 Å². The maximum atomic E-state index is 11.9. The van der Waals surface area contributed by atoms with Crippen LogP contribution in [0.5, 0.6) is 0 Å². The van der Waals surface area contributed by atoms with Crippen LogP contribution in [0.15, 0.2) is 0 Å². The molecule has 2 saturated carbocycles. The topological polar surface area (TPSA) is 69.6 Å². The second kappa shape index (κ2) is 5.80. The number of urea groups is 1. The highest BCUT2D eigenvalue weighted by molar-refractivity contribution is 5.75. The van der Waals surface area contributed by atoms with Crippen molar-refractivity contribution in [2.75, 3.05) is 20.1 Å². The third-order valence-electron chi connectivity index (χ3n) is 4.72. The highest BCUT2D eigenvalue weighted by Crippen LogP contribution is 2.48. The fourth-order valence-corrected chi connectivity index (χ4v) is 3.50. The van der Waals surface area contributed by atoms with Gasteiger partial charge < -0.3 is 15.3 Å². The molecule has 2 bridgehead atoms. The number of hydrogen-bond donors (Lipinski definition) is 2. The fraction of sp³-hybridized carbons (Fsp3) is 0.857. The monoisotopic (exact) mass is 268 g/mol. The molecule has 4 unspecified atom stereocenters. The van der Waals surface area contributed by atoms with Gasteiger partial charge in [0.05, 0.1) is 5.92 Å². The highest BCUT2D eigenvalue weighted by atomic mass is 16.4. The second-order valence-corrected chi connectivity index (χ2v) is 6.24. The molecule has 108 valence electrons. The summed E-state index contributed by atoms with van der Waals surface area (Å²) in [5.41, 5.74) is 0. The number of fused-ring (bicyclic) bond motifs is 2. The molecule has 0 radical (unpaired) electrons. The van der Waals surface area contributed by atoms with E-state index in [0.717, 1.165) is 18.4 Å². The Morgan fingerprint density at radius 3 is 2.63 bits per heavy atom. The molecule has 0 saturated heterocycles. The van der Waals surface area contributed by atoms with E-state index >= 15 is 0 Å². The van der Waals surface area contributed by atoms with Crippen molar-refractivity contribution in [3.05, 3.63) is 0 Å². The fourth-order valence-electron chi connectivity index (χ4n) is 3.50. The van der Waals surface area contributed by atoms with Crippen molar-refractivity contribution in [3.8, 4) is 0 Å². The molecular weight excluding hydrogens is 244 g/mol. The molecule has 2 fully saturated rings. The van der Waals surface area contributed by atoms with Gasteiger partial charge in [0.2, 0.25) is 0 Å². The smallest absolute Gasteiger partial charge is 0.317 e. The summed E-state index contributed by atoms with van der Waals surface area (Å²) < 4.78 is 0. The molecular formula is C14H24N2O3. The summed E-state index contributed by atoms with van der Waals surface area (Å²) >= 11 is 0. The summed E-state index contributed by atoms with van der Waals surface area (Å²) in [6, 6.07) is -0.157. The summed E-state index contributed by atoms with van der Waals surface area (Å²) in [5.74, 6) is 0.916. The van der Waals surface area contributed by atoms with Crippen LogP contribution in [-0.4, -0.2) is 42.1 Å². The lowest BCUT2D eigenvalue weighted by Gasteiger charge is -2.27. The molecule has 5 heteroatoms. The number of hydrogen-bond acceptors (Lipinski definition) is 2. The van der Waals surface area contributed by atoms with Crippen LogP contribution in [0.4, 0.5) is 4.79 Å². The molecule has 19 heavy (non-hydrogen) atoms. The molecule has 0 aromatic carbocycles. The van der Waals surface area contributed by atoms with Crippen molar-refractivity contribution in [2.24, 2.45) is 23.7 Å². The van der Waals surface area contributed by atoms with Crippen molar-refractivity contribution in [1.82, 2.24) is 10.2 Å². The number of nitrogens with zero attached hydrogens (tertiary/aromatic N) is 1. The van der Waals surface area contributed by atoms with Crippen LogP contribution >= 0.6 is 0 Å². The van der Waals surface area contributed by atoms with E-state index in [2.05, 4.69) is 5.32 Å². The zero-order chi connectivity index (χ0) is 14.0. The molecule has 2 N–H and O–H groups in total. The average molecular weight is 268 g/mol. The summed E-state index contributed by atoms with van der Waals surface area (Å²) in [4.78, 5) is 24.3. The molecule has 0 aromatic rings. The first-order valence-corrected chi connectivity index (χ1v) is 7.19. The third-order valence-corrected chi connectivity index (χ3v) is 4.72. The summed E-state index contributed by atoms with van der Waals surface area (Å²) in [6.07, 6.45) is 5.29. The number of amides is 2. The van der Waals surface area contributed by atoms with E-state index in [4.69, 9.17) is 5.11 Å². The van der Waals surface area contributed by atoms with Crippen LogP contribution in [-0.2, 0) is 4.79 Å². The number of nitrogens with one attached hydrogen (secondary N) is 1. The predicted octanol–water partition coefficient (Wildman–Crippen LogP) is 1.78. The Labute approximate surface area is 114 Å². The number of carboxylic acid groups (broad SMARTS) is 1. The van der Waals surface area contributed by atoms with Crippen molar-refractivity contribution < 1.29 is 14.7 Å². The van der Waals surface area contributed by atoms with Crippen LogP contribution < -0.4 is 5.32 Å². The van der Waals surface area contributed by atoms with Crippen molar-refractivity contribution >= 4 is 12.0 Å². The largest absolute Gasteiger partial charge is 0.481 e. The van der Waals surface area contributed by atoms with Crippen molar-refractivity contribution in [3.63, 3.8) is 0 Å². The molecule has 5 nitrogen and oxygen atoms in total. The van der Waals surface area contributed by atoms with Gasteiger partial charge in [-0.2, -0.15) is 0 Å². The van der Waals surface area contributed by atoms with Gasteiger partial charge in [0.1, 0.15) is 0 Å². The van der Waals surface area contributed by atoms with Gasteiger partial charge in [-0.25, -0.2) is 4.79 Å². The molecule has 2 aliphatic rings. The van der Waals surface area contributed by atoms with E-state index in [1.54, 1.807) is 18.9 Å². The normalized spacial score (nSPS) is 30.1. The minimum atomic E-state index is -0.879. The van der Waals surface area contributed by atoms with Gasteiger partial charge in [-0.05, 0) is 37.0 Å². The van der Waals surface area contributed by atoms with E-state index in [-0.39, 0.29) is 12.6 Å². The third kappa shape index (κ3) is 3.39. The Morgan fingerprint density at radius 1 is 1.37 bits per heavy atom. The maximum absolute atomic E-state index is 11.9. The Balaban J connectivity index is 1.72. The lowest BCUT2D eigenvalue weighted by molar-refractivity contribution is -0.140. The number of carboxylic acids is 1. The zero-order valence-corrected chi connectivity index (χ0v) is 11.8. The summed E-state index contributed by atoms with van der Waals surface area (Å²) in [7, 11) is 1.80. The molecule has 0 aliphatic heterocycles. The van der Waals surface area contributed by atoms with Gasteiger partial charge in [-0.3, -0.25) is 4.79 Å². The standard InChI is InChI=1S/C14H24N2O3/c1-9(13(17)18)7-15-14(19)16(2)8-12-6-10-3-4-11(12)5-10/h9-12H,3-8H2,1-2H3,(H,15,19)(H,17,18). The maximum Gasteiger partial charge on any atom is 0.317 e. The Bertz CT molecular complexity index is 359. The van der Waals surface area contributed by atoms with E-state index < -0.39 is 11.9 Å². The molecule has 0 spiro atoms. The number of aliphatic carboxylic acids is 1. The number of rotatable bonds is 5. The molecule has 2 aliphatic carbocycles. The molecule has 2 amide bonds. The van der Waals surface area contributed by atoms with Crippen molar-refractivity contribution in [1.29, 1.82) is 0 Å². The van der Waals surface area contributed by atoms with Crippen LogP contribution in [0.25, 0.3) is 0 Å². The van der Waals surface area contributed by atoms with Crippen LogP contribution in [0.2, 0.25) is 0 Å². The number of carbonyl (C=O) groups excluding carboxylic acids is 1. The van der Waals surface area contributed by atoms with Crippen LogP contribution in [0, 0.1) is 23.7 Å². The SMILES string of the molecule is CC(CNC(=O)N(C)CC1CC2CCC1C2)C(=O)O. The summed E-state index contributed by atoms with van der Waals surface area (Å²) in [5, 5.41) is 11.5. The molecule has 2 rings (SSSR count). The van der Waals surface area contributed by atoms with E-state index in [1.807, 2.05) is 0 Å². The lowest BCUT2D eigenvalue weighted by Crippen LogP contribution is -2.43. The molecule has 4 atom stereocenters. The Kier molecular flexibility index (Phi) is 4.32. The minimum Gasteiger partial charge on any atom is -0.481 e. The van der Waals surface area contributed by atoms with Gasteiger partial charge >= 0.3 is 12.0 Å². The molecule has 0 heterocycles. The minimum absolute atomic E-state index is 0.157. The van der Waals surface area contributed by atoms with Gasteiger partial charge in [-0.15, -0.1) is 0 Å². The van der Waals surface area contributed by atoms with E-state index in [1.165, 1.54) is 25.7 Å². The van der Waals surface area contributed by atoms with Gasteiger partial charge in [0, 0.05) is 20.1 Å². The second-order valence-electron chi connectivity index (χ2n) is 6.24. The summed E-state index contributed by atoms with van der Waals surface area (Å²) in [6.45, 7) is 2.59. The van der Waals surface area contributed by atoms with Gasteiger partial charge in [0.15, 0.2) is 0 Å². The van der Waals surface area contributed by atoms with E-state index in [9.17, 15) is 9.59 Å². The zero-order valence-electron chi connectivity index (χ0n) is 11.8. The molecule has 0 aromatic heterocycles. The lowest BCUT2D eigenvalue weighted by atomic mass is 9.88. The Hall–Kier alpha value is -1.26. The number of carbonyl (C=O) groups is 2. The predicted molar refractivity (Wildman–Crippen MR) is 71.8 cm³/mol. The van der Waals surface area contributed by atoms with Crippen LogP contribution in [0.3, 0.4) is 0 Å².